The highest BCUT2D eigenvalue weighted by molar-refractivity contribution is 6.17. The van der Waals surface area contributed by atoms with Crippen molar-refractivity contribution in [2.24, 2.45) is 0 Å². The zero-order chi connectivity index (χ0) is 33.3. The molecule has 0 atom stereocenters. The molecule has 2 heteroatoms. The van der Waals surface area contributed by atoms with Crippen LogP contribution >= 0.6 is 0 Å². The second-order valence-corrected chi connectivity index (χ2v) is 12.5. The standard InChI is InChI=1S/C48H34N2/c1-4-19-35(20-5-1)38-25-10-14-29-42(38)49(43-30-15-11-26-39(43)36-21-6-2-7-22-36)46-33-18-34-47-48(46)41-28-13-17-32-45(41)50(47)44-31-16-12-27-40(44)37-23-8-3-9-24-37/h1-34H. The lowest BCUT2D eigenvalue weighted by Crippen LogP contribution is -2.13. The quantitative estimate of drug-likeness (QED) is 0.169. The van der Waals surface area contributed by atoms with Gasteiger partial charge in [0.15, 0.2) is 0 Å². The molecular formula is C48H34N2. The molecule has 0 aliphatic heterocycles. The average molecular weight is 639 g/mol. The van der Waals surface area contributed by atoms with Crippen molar-refractivity contribution in [1.82, 2.24) is 4.57 Å². The minimum atomic E-state index is 1.12. The van der Waals surface area contributed by atoms with Gasteiger partial charge in [0.1, 0.15) is 0 Å². The minimum Gasteiger partial charge on any atom is -0.309 e. The Balaban J connectivity index is 1.39. The summed E-state index contributed by atoms with van der Waals surface area (Å²) in [6.45, 7) is 0. The number of hydrogen-bond acceptors (Lipinski definition) is 1. The van der Waals surface area contributed by atoms with E-state index in [1.165, 1.54) is 49.7 Å². The van der Waals surface area contributed by atoms with Crippen LogP contribution in [0.15, 0.2) is 206 Å². The summed E-state index contributed by atoms with van der Waals surface area (Å²) in [6.07, 6.45) is 0. The van der Waals surface area contributed by atoms with Crippen molar-refractivity contribution in [3.63, 3.8) is 0 Å². The summed E-state index contributed by atoms with van der Waals surface area (Å²) in [5.41, 5.74) is 13.9. The second kappa shape index (κ2) is 12.8. The lowest BCUT2D eigenvalue weighted by Gasteiger charge is -2.30. The van der Waals surface area contributed by atoms with E-state index in [2.05, 4.69) is 216 Å². The van der Waals surface area contributed by atoms with Gasteiger partial charge in [0, 0.05) is 27.5 Å². The number of nitrogens with zero attached hydrogens (tertiary/aromatic N) is 2. The Labute approximate surface area is 292 Å². The van der Waals surface area contributed by atoms with Gasteiger partial charge in [-0.25, -0.2) is 0 Å². The van der Waals surface area contributed by atoms with E-state index < -0.39 is 0 Å². The van der Waals surface area contributed by atoms with Gasteiger partial charge in [-0.1, -0.05) is 170 Å². The smallest absolute Gasteiger partial charge is 0.0562 e. The van der Waals surface area contributed by atoms with Gasteiger partial charge < -0.3 is 9.47 Å². The molecule has 1 heterocycles. The maximum absolute atomic E-state index is 2.48. The number of hydrogen-bond donors (Lipinski definition) is 0. The maximum Gasteiger partial charge on any atom is 0.0562 e. The molecule has 0 aliphatic rings. The first-order valence-corrected chi connectivity index (χ1v) is 17.1. The molecule has 50 heavy (non-hydrogen) atoms. The van der Waals surface area contributed by atoms with Crippen molar-refractivity contribution in [2.45, 2.75) is 0 Å². The van der Waals surface area contributed by atoms with E-state index in [1.54, 1.807) is 0 Å². The van der Waals surface area contributed by atoms with Crippen molar-refractivity contribution in [1.29, 1.82) is 0 Å². The highest BCUT2D eigenvalue weighted by Gasteiger charge is 2.25. The largest absolute Gasteiger partial charge is 0.309 e. The van der Waals surface area contributed by atoms with Crippen LogP contribution in [0.2, 0.25) is 0 Å². The summed E-state index contributed by atoms with van der Waals surface area (Å²) in [5.74, 6) is 0. The van der Waals surface area contributed by atoms with E-state index in [9.17, 15) is 0 Å². The zero-order valence-electron chi connectivity index (χ0n) is 27.5. The first-order valence-electron chi connectivity index (χ1n) is 17.1. The van der Waals surface area contributed by atoms with Crippen LogP contribution in [0.4, 0.5) is 17.1 Å². The van der Waals surface area contributed by atoms with Crippen molar-refractivity contribution >= 4 is 38.9 Å². The normalized spacial score (nSPS) is 11.2. The molecular weight excluding hydrogens is 605 g/mol. The van der Waals surface area contributed by atoms with E-state index in [0.717, 1.165) is 28.3 Å². The fourth-order valence-electron chi connectivity index (χ4n) is 7.43. The van der Waals surface area contributed by atoms with E-state index in [0.29, 0.717) is 0 Å². The Bertz CT molecular complexity index is 2500. The molecule has 0 saturated heterocycles. The van der Waals surface area contributed by atoms with Crippen LogP contribution in [0.3, 0.4) is 0 Å². The Hall–Kier alpha value is -6.64. The number of aromatic nitrogens is 1. The Morgan fingerprint density at radius 2 is 0.720 bits per heavy atom. The second-order valence-electron chi connectivity index (χ2n) is 12.5. The summed E-state index contributed by atoms with van der Waals surface area (Å²) in [7, 11) is 0. The fourth-order valence-corrected chi connectivity index (χ4v) is 7.43. The molecule has 9 aromatic rings. The fraction of sp³-hybridized carbons (Fsp3) is 0. The Morgan fingerprint density at radius 3 is 1.32 bits per heavy atom. The van der Waals surface area contributed by atoms with Gasteiger partial charge in [-0.15, -0.1) is 0 Å². The van der Waals surface area contributed by atoms with Crippen molar-refractivity contribution in [3.05, 3.63) is 206 Å². The SMILES string of the molecule is c1ccc(-c2ccccc2N(c2ccccc2-c2ccccc2)c2cccc3c2c2ccccc2n3-c2ccccc2-c2ccccc2)cc1. The number of rotatable bonds is 7. The topological polar surface area (TPSA) is 8.17 Å². The van der Waals surface area contributed by atoms with Crippen LogP contribution in [-0.4, -0.2) is 4.57 Å². The van der Waals surface area contributed by atoms with E-state index >= 15 is 0 Å². The van der Waals surface area contributed by atoms with Gasteiger partial charge >= 0.3 is 0 Å². The first kappa shape index (κ1) is 29.5. The van der Waals surface area contributed by atoms with E-state index in [-0.39, 0.29) is 0 Å². The third kappa shape index (κ3) is 5.06. The highest BCUT2D eigenvalue weighted by Crippen LogP contribution is 2.49. The molecule has 0 spiro atoms. The molecule has 0 aliphatic carbocycles. The molecule has 8 aromatic carbocycles. The summed E-state index contributed by atoms with van der Waals surface area (Å²) >= 11 is 0. The molecule has 0 fully saturated rings. The van der Waals surface area contributed by atoms with Gasteiger partial charge in [-0.2, -0.15) is 0 Å². The molecule has 2 nitrogen and oxygen atoms in total. The summed E-state index contributed by atoms with van der Waals surface area (Å²) < 4.78 is 2.45. The zero-order valence-corrected chi connectivity index (χ0v) is 27.5. The predicted molar refractivity (Wildman–Crippen MR) is 212 cm³/mol. The summed E-state index contributed by atoms with van der Waals surface area (Å²) in [5, 5.41) is 2.41. The first-order chi connectivity index (χ1) is 24.9. The van der Waals surface area contributed by atoms with Crippen molar-refractivity contribution in [2.75, 3.05) is 4.90 Å². The number of fused-ring (bicyclic) bond motifs is 3. The lowest BCUT2D eigenvalue weighted by molar-refractivity contribution is 1.18. The van der Waals surface area contributed by atoms with Crippen LogP contribution in [0, 0.1) is 0 Å². The molecule has 236 valence electrons. The van der Waals surface area contributed by atoms with Crippen LogP contribution in [-0.2, 0) is 0 Å². The Morgan fingerprint density at radius 1 is 0.300 bits per heavy atom. The van der Waals surface area contributed by atoms with E-state index in [1.807, 2.05) is 0 Å². The molecule has 1 aromatic heterocycles. The van der Waals surface area contributed by atoms with Crippen LogP contribution in [0.1, 0.15) is 0 Å². The van der Waals surface area contributed by atoms with Crippen LogP contribution < -0.4 is 4.90 Å². The number of benzene rings is 8. The van der Waals surface area contributed by atoms with Crippen molar-refractivity contribution in [3.8, 4) is 39.1 Å². The van der Waals surface area contributed by atoms with Crippen molar-refractivity contribution < 1.29 is 0 Å². The lowest BCUT2D eigenvalue weighted by atomic mass is 9.98. The summed E-state index contributed by atoms with van der Waals surface area (Å²) in [6, 6.07) is 74.0. The van der Waals surface area contributed by atoms with Gasteiger partial charge in [0.2, 0.25) is 0 Å². The maximum atomic E-state index is 2.48. The molecule has 9 rings (SSSR count). The number of anilines is 3. The molecule has 0 unspecified atom stereocenters. The van der Waals surface area contributed by atoms with Crippen LogP contribution in [0.5, 0.6) is 0 Å². The predicted octanol–water partition coefficient (Wildman–Crippen LogP) is 13.3. The number of para-hydroxylation sites is 4. The molecule has 0 amide bonds. The van der Waals surface area contributed by atoms with E-state index in [4.69, 9.17) is 0 Å². The third-order valence-electron chi connectivity index (χ3n) is 9.61. The molecule has 0 radical (unpaired) electrons. The highest BCUT2D eigenvalue weighted by atomic mass is 15.2. The molecule has 0 bridgehead atoms. The van der Waals surface area contributed by atoms with Gasteiger partial charge in [-0.3, -0.25) is 0 Å². The van der Waals surface area contributed by atoms with Gasteiger partial charge in [0.05, 0.1) is 33.8 Å². The van der Waals surface area contributed by atoms with Gasteiger partial charge in [0.25, 0.3) is 0 Å². The Kier molecular flexibility index (Phi) is 7.53. The molecule has 0 N–H and O–H groups in total. The third-order valence-corrected chi connectivity index (χ3v) is 9.61. The average Bonchev–Trinajstić information content (AvgIpc) is 3.54. The minimum absolute atomic E-state index is 1.12. The monoisotopic (exact) mass is 638 g/mol. The van der Waals surface area contributed by atoms with Crippen LogP contribution in [0.25, 0.3) is 60.9 Å². The summed E-state index contributed by atoms with van der Waals surface area (Å²) in [4.78, 5) is 2.48. The van der Waals surface area contributed by atoms with Gasteiger partial charge in [-0.05, 0) is 53.1 Å². The molecule has 0 saturated carbocycles.